The van der Waals surface area contributed by atoms with Crippen molar-refractivity contribution < 1.29 is 9.59 Å². The summed E-state index contributed by atoms with van der Waals surface area (Å²) in [5.74, 6) is 0.242. The Morgan fingerprint density at radius 3 is 2.94 bits per heavy atom. The number of rotatable bonds is 3. The molecule has 1 saturated heterocycles. The van der Waals surface area contributed by atoms with Crippen molar-refractivity contribution in [3.05, 3.63) is 0 Å². The summed E-state index contributed by atoms with van der Waals surface area (Å²) in [7, 11) is 0. The van der Waals surface area contributed by atoms with E-state index in [0.717, 1.165) is 18.1 Å². The maximum Gasteiger partial charge on any atom is 0.249 e. The molecule has 1 fully saturated rings. The first-order valence-electron chi connectivity index (χ1n) is 6.36. The molecule has 0 aromatic heterocycles. The summed E-state index contributed by atoms with van der Waals surface area (Å²) in [6, 6.07) is -0.313. The highest BCUT2D eigenvalue weighted by atomic mass is 32.2. The third-order valence-corrected chi connectivity index (χ3v) is 4.13. The number of piperidine rings is 1. The van der Waals surface area contributed by atoms with Crippen molar-refractivity contribution >= 4 is 28.7 Å². The number of nitrogens with one attached hydrogen (secondary N) is 2. The molecule has 2 aliphatic rings. The van der Waals surface area contributed by atoms with Gasteiger partial charge in [0.05, 0.1) is 6.54 Å². The first-order valence-corrected chi connectivity index (χ1v) is 7.24. The Hall–Kier alpha value is -1.04. The molecule has 2 amide bonds. The SMILES string of the molecule is CC(C)CC1CN=C(NC2CCC(=O)NC2=O)S1. The third-order valence-electron chi connectivity index (χ3n) is 2.99. The van der Waals surface area contributed by atoms with Gasteiger partial charge in [-0.25, -0.2) is 0 Å². The largest absolute Gasteiger partial charge is 0.353 e. The molecular weight excluding hydrogens is 250 g/mol. The van der Waals surface area contributed by atoms with E-state index in [-0.39, 0.29) is 17.9 Å². The maximum atomic E-state index is 11.6. The van der Waals surface area contributed by atoms with Gasteiger partial charge in [-0.1, -0.05) is 25.6 Å². The zero-order valence-electron chi connectivity index (χ0n) is 10.7. The lowest BCUT2D eigenvalue weighted by molar-refractivity contribution is -0.134. The van der Waals surface area contributed by atoms with Crippen LogP contribution in [-0.2, 0) is 9.59 Å². The predicted molar refractivity (Wildman–Crippen MR) is 72.4 cm³/mol. The number of carbonyl (C=O) groups is 2. The smallest absolute Gasteiger partial charge is 0.249 e. The van der Waals surface area contributed by atoms with E-state index in [9.17, 15) is 9.59 Å². The number of carbonyl (C=O) groups excluding carboxylic acids is 2. The van der Waals surface area contributed by atoms with Gasteiger partial charge in [-0.05, 0) is 18.8 Å². The van der Waals surface area contributed by atoms with Gasteiger partial charge in [0.25, 0.3) is 0 Å². The number of amides is 2. The molecule has 18 heavy (non-hydrogen) atoms. The second-order valence-corrected chi connectivity index (χ2v) is 6.45. The Labute approximate surface area is 111 Å². The number of thioether (sulfide) groups is 1. The van der Waals surface area contributed by atoms with Crippen LogP contribution in [0.2, 0.25) is 0 Å². The van der Waals surface area contributed by atoms with E-state index in [1.54, 1.807) is 11.8 Å². The first kappa shape index (κ1) is 13.4. The molecule has 0 bridgehead atoms. The number of nitrogens with zero attached hydrogens (tertiary/aromatic N) is 1. The molecule has 0 spiro atoms. The van der Waals surface area contributed by atoms with Gasteiger partial charge < -0.3 is 5.32 Å². The first-order chi connectivity index (χ1) is 8.54. The molecule has 2 rings (SSSR count). The van der Waals surface area contributed by atoms with Crippen LogP contribution >= 0.6 is 11.8 Å². The van der Waals surface area contributed by atoms with Crippen molar-refractivity contribution in [3.8, 4) is 0 Å². The van der Waals surface area contributed by atoms with E-state index < -0.39 is 0 Å². The fourth-order valence-corrected chi connectivity index (χ4v) is 3.43. The number of aliphatic imine (C=N–C) groups is 1. The fraction of sp³-hybridized carbons (Fsp3) is 0.750. The Kier molecular flexibility index (Phi) is 4.27. The summed E-state index contributed by atoms with van der Waals surface area (Å²) in [5.41, 5.74) is 0. The molecule has 2 aliphatic heterocycles. The van der Waals surface area contributed by atoms with E-state index in [4.69, 9.17) is 0 Å². The minimum atomic E-state index is -0.313. The molecule has 0 radical (unpaired) electrons. The normalized spacial score (nSPS) is 28.3. The van der Waals surface area contributed by atoms with E-state index >= 15 is 0 Å². The average molecular weight is 269 g/mol. The highest BCUT2D eigenvalue weighted by molar-refractivity contribution is 8.14. The van der Waals surface area contributed by atoms with Crippen molar-refractivity contribution in [3.63, 3.8) is 0 Å². The quantitative estimate of drug-likeness (QED) is 0.747. The molecule has 2 N–H and O–H groups in total. The molecule has 100 valence electrons. The molecule has 2 unspecified atom stereocenters. The average Bonchev–Trinajstić information content (AvgIpc) is 2.69. The minimum Gasteiger partial charge on any atom is -0.353 e. The summed E-state index contributed by atoms with van der Waals surface area (Å²) in [6.45, 7) is 5.22. The summed E-state index contributed by atoms with van der Waals surface area (Å²) >= 11 is 1.71. The van der Waals surface area contributed by atoms with Crippen molar-refractivity contribution in [1.82, 2.24) is 10.6 Å². The third kappa shape index (κ3) is 3.48. The zero-order valence-corrected chi connectivity index (χ0v) is 11.5. The van der Waals surface area contributed by atoms with Gasteiger partial charge in [0, 0.05) is 11.7 Å². The number of imide groups is 1. The maximum absolute atomic E-state index is 11.6. The van der Waals surface area contributed by atoms with Crippen LogP contribution in [0.1, 0.15) is 33.1 Å². The van der Waals surface area contributed by atoms with Crippen LogP contribution in [-0.4, -0.2) is 34.8 Å². The second kappa shape index (κ2) is 5.73. The molecular formula is C12H19N3O2S. The molecule has 5 nitrogen and oxygen atoms in total. The number of hydrogen-bond donors (Lipinski definition) is 2. The van der Waals surface area contributed by atoms with Gasteiger partial charge in [0.1, 0.15) is 6.04 Å². The Balaban J connectivity index is 1.81. The van der Waals surface area contributed by atoms with Gasteiger partial charge in [0.15, 0.2) is 5.17 Å². The molecule has 2 heterocycles. The summed E-state index contributed by atoms with van der Waals surface area (Å²) in [5, 5.41) is 6.84. The lowest BCUT2D eigenvalue weighted by Crippen LogP contribution is -2.51. The number of amidine groups is 1. The predicted octanol–water partition coefficient (Wildman–Crippen LogP) is 0.899. The van der Waals surface area contributed by atoms with Crippen LogP contribution in [0.3, 0.4) is 0 Å². The summed E-state index contributed by atoms with van der Waals surface area (Å²) in [6.07, 6.45) is 2.09. The van der Waals surface area contributed by atoms with E-state index in [0.29, 0.717) is 24.0 Å². The van der Waals surface area contributed by atoms with E-state index in [1.165, 1.54) is 0 Å². The van der Waals surface area contributed by atoms with E-state index in [2.05, 4.69) is 29.5 Å². The second-order valence-electron chi connectivity index (χ2n) is 5.16. The molecule has 6 heteroatoms. The van der Waals surface area contributed by atoms with Crippen LogP contribution in [0, 0.1) is 5.92 Å². The van der Waals surface area contributed by atoms with Crippen LogP contribution in [0.25, 0.3) is 0 Å². The van der Waals surface area contributed by atoms with Crippen molar-refractivity contribution in [1.29, 1.82) is 0 Å². The van der Waals surface area contributed by atoms with Crippen molar-refractivity contribution in [2.75, 3.05) is 6.54 Å². The van der Waals surface area contributed by atoms with Gasteiger partial charge in [-0.3, -0.25) is 19.9 Å². The summed E-state index contributed by atoms with van der Waals surface area (Å²) in [4.78, 5) is 27.0. The Bertz CT molecular complexity index is 382. The topological polar surface area (TPSA) is 70.6 Å². The Morgan fingerprint density at radius 2 is 2.28 bits per heavy atom. The number of hydrogen-bond acceptors (Lipinski definition) is 5. The van der Waals surface area contributed by atoms with E-state index in [1.807, 2.05) is 0 Å². The van der Waals surface area contributed by atoms with Gasteiger partial charge in [0.2, 0.25) is 11.8 Å². The van der Waals surface area contributed by atoms with Crippen LogP contribution in [0.5, 0.6) is 0 Å². The monoisotopic (exact) mass is 269 g/mol. The van der Waals surface area contributed by atoms with Crippen LogP contribution in [0.4, 0.5) is 0 Å². The van der Waals surface area contributed by atoms with Gasteiger partial charge in [-0.15, -0.1) is 0 Å². The van der Waals surface area contributed by atoms with Crippen molar-refractivity contribution in [2.45, 2.75) is 44.4 Å². The van der Waals surface area contributed by atoms with Crippen LogP contribution < -0.4 is 10.6 Å². The minimum absolute atomic E-state index is 0.184. The Morgan fingerprint density at radius 1 is 1.50 bits per heavy atom. The van der Waals surface area contributed by atoms with Crippen LogP contribution in [0.15, 0.2) is 4.99 Å². The zero-order chi connectivity index (χ0) is 13.1. The lowest BCUT2D eigenvalue weighted by atomic mass is 10.1. The van der Waals surface area contributed by atoms with Gasteiger partial charge in [-0.2, -0.15) is 0 Å². The molecule has 0 aliphatic carbocycles. The highest BCUT2D eigenvalue weighted by Gasteiger charge is 2.29. The molecule has 2 atom stereocenters. The standard InChI is InChI=1S/C12H19N3O2S/c1-7(2)5-8-6-13-12(18-8)14-9-3-4-10(16)15-11(9)17/h7-9H,3-6H2,1-2H3,(H,13,14)(H,15,16,17). The lowest BCUT2D eigenvalue weighted by Gasteiger charge is -2.22. The molecule has 0 aromatic carbocycles. The van der Waals surface area contributed by atoms with Crippen molar-refractivity contribution in [2.24, 2.45) is 10.9 Å². The molecule has 0 aromatic rings. The van der Waals surface area contributed by atoms with Gasteiger partial charge >= 0.3 is 0 Å². The molecule has 0 saturated carbocycles. The highest BCUT2D eigenvalue weighted by Crippen LogP contribution is 2.26. The fourth-order valence-electron chi connectivity index (χ4n) is 2.13. The summed E-state index contributed by atoms with van der Waals surface area (Å²) < 4.78 is 0.